The van der Waals surface area contributed by atoms with Crippen LogP contribution in [0.4, 0.5) is 0 Å². The van der Waals surface area contributed by atoms with Crippen molar-refractivity contribution in [3.05, 3.63) is 12.3 Å². The average molecular weight is 178 g/mol. The molecule has 0 rings (SSSR count). The normalized spacial score (nSPS) is 10.1. The topological polar surface area (TPSA) is 80.9 Å². The Balaban J connectivity index is 0. The largest absolute Gasteiger partial charge is 0.516 e. The lowest BCUT2D eigenvalue weighted by Crippen LogP contribution is -2.01. The second-order valence-corrected chi connectivity index (χ2v) is 2.17. The summed E-state index contributed by atoms with van der Waals surface area (Å²) >= 11 is 0. The van der Waals surface area contributed by atoms with Crippen LogP contribution in [0.25, 0.3) is 0 Å². The summed E-state index contributed by atoms with van der Waals surface area (Å²) in [5, 5.41) is 32.2. The van der Waals surface area contributed by atoms with Crippen LogP contribution in [-0.4, -0.2) is 33.3 Å². The minimum atomic E-state index is -1.10. The molecule has 4 nitrogen and oxygen atoms in total. The van der Waals surface area contributed by atoms with Gasteiger partial charge in [0, 0.05) is 6.61 Å². The van der Waals surface area contributed by atoms with Gasteiger partial charge in [0.15, 0.2) is 6.29 Å². The molecule has 0 aromatic heterocycles. The molecule has 0 aliphatic carbocycles. The summed E-state index contributed by atoms with van der Waals surface area (Å²) in [6.45, 7) is 2.01. The summed E-state index contributed by atoms with van der Waals surface area (Å²) in [6, 6.07) is 0. The van der Waals surface area contributed by atoms with E-state index in [1.165, 1.54) is 6.08 Å². The van der Waals surface area contributed by atoms with E-state index in [-0.39, 0.29) is 6.61 Å². The molecule has 0 aliphatic rings. The molecular formula is C8H18O4. The van der Waals surface area contributed by atoms with Crippen molar-refractivity contribution < 1.29 is 20.4 Å². The van der Waals surface area contributed by atoms with Crippen molar-refractivity contribution in [1.82, 2.24) is 0 Å². The van der Waals surface area contributed by atoms with E-state index in [0.717, 1.165) is 12.7 Å². The molecule has 0 heterocycles. The molecule has 0 amide bonds. The smallest absolute Gasteiger partial charge is 0.151 e. The Morgan fingerprint density at radius 1 is 1.33 bits per heavy atom. The van der Waals surface area contributed by atoms with Crippen molar-refractivity contribution in [2.75, 3.05) is 6.61 Å². The summed E-state index contributed by atoms with van der Waals surface area (Å²) in [5.74, 6) is 0. The zero-order chi connectivity index (χ0) is 9.82. The zero-order valence-electron chi connectivity index (χ0n) is 7.35. The maximum absolute atomic E-state index is 8.11. The van der Waals surface area contributed by atoms with E-state index in [1.54, 1.807) is 0 Å². The van der Waals surface area contributed by atoms with Crippen LogP contribution in [0.3, 0.4) is 0 Å². The maximum atomic E-state index is 8.11. The third-order valence-electron chi connectivity index (χ3n) is 0.948. The van der Waals surface area contributed by atoms with Crippen LogP contribution in [0, 0.1) is 0 Å². The van der Waals surface area contributed by atoms with Gasteiger partial charge in [0.1, 0.15) is 0 Å². The van der Waals surface area contributed by atoms with Gasteiger partial charge in [0.25, 0.3) is 0 Å². The van der Waals surface area contributed by atoms with Crippen molar-refractivity contribution in [3.63, 3.8) is 0 Å². The lowest BCUT2D eigenvalue weighted by Gasteiger charge is -1.94. The molecule has 0 aliphatic heterocycles. The van der Waals surface area contributed by atoms with E-state index >= 15 is 0 Å². The highest BCUT2D eigenvalue weighted by atomic mass is 16.5. The molecule has 4 heteroatoms. The van der Waals surface area contributed by atoms with E-state index in [9.17, 15) is 0 Å². The Hall–Kier alpha value is -0.580. The fourth-order valence-corrected chi connectivity index (χ4v) is 0.407. The van der Waals surface area contributed by atoms with Crippen LogP contribution >= 0.6 is 0 Å². The van der Waals surface area contributed by atoms with Gasteiger partial charge in [-0.05, 0) is 18.9 Å². The third-order valence-corrected chi connectivity index (χ3v) is 0.948. The Kier molecular flexibility index (Phi) is 15.2. The highest BCUT2D eigenvalue weighted by Crippen LogP contribution is 1.88. The molecule has 0 atom stereocenters. The molecule has 4 N–H and O–H groups in total. The van der Waals surface area contributed by atoms with Crippen molar-refractivity contribution >= 4 is 0 Å². The van der Waals surface area contributed by atoms with Crippen LogP contribution in [0.2, 0.25) is 0 Å². The van der Waals surface area contributed by atoms with Crippen LogP contribution in [-0.2, 0) is 0 Å². The number of rotatable bonds is 4. The van der Waals surface area contributed by atoms with Crippen molar-refractivity contribution in [1.29, 1.82) is 0 Å². The Morgan fingerprint density at radius 2 is 1.92 bits per heavy atom. The molecule has 0 fully saturated rings. The second kappa shape index (κ2) is 13.0. The molecule has 0 spiro atoms. The average Bonchev–Trinajstić information content (AvgIpc) is 2.02. The van der Waals surface area contributed by atoms with E-state index in [1.807, 2.05) is 6.92 Å². The van der Waals surface area contributed by atoms with Crippen LogP contribution in [0.1, 0.15) is 26.2 Å². The van der Waals surface area contributed by atoms with Gasteiger partial charge in [-0.3, -0.25) is 0 Å². The van der Waals surface area contributed by atoms with Gasteiger partial charge >= 0.3 is 0 Å². The van der Waals surface area contributed by atoms with Gasteiger partial charge in [-0.1, -0.05) is 13.3 Å². The van der Waals surface area contributed by atoms with Gasteiger partial charge in [-0.15, -0.1) is 0 Å². The third kappa shape index (κ3) is 22.7. The fourth-order valence-electron chi connectivity index (χ4n) is 0.407. The first-order valence-electron chi connectivity index (χ1n) is 3.95. The second-order valence-electron chi connectivity index (χ2n) is 2.17. The summed E-state index contributed by atoms with van der Waals surface area (Å²) in [7, 11) is 0. The highest BCUT2D eigenvalue weighted by Gasteiger charge is 1.89. The number of aliphatic hydroxyl groups excluding tert-OH is 3. The Labute approximate surface area is 72.8 Å². The predicted octanol–water partition coefficient (Wildman–Crippen LogP) is 0.538. The summed E-state index contributed by atoms with van der Waals surface area (Å²) in [4.78, 5) is 0. The van der Waals surface area contributed by atoms with E-state index in [0.29, 0.717) is 12.8 Å². The van der Waals surface area contributed by atoms with Gasteiger partial charge in [-0.25, -0.2) is 0 Å². The van der Waals surface area contributed by atoms with Crippen LogP contribution in [0.5, 0.6) is 0 Å². The Bertz CT molecular complexity index is 91.1. The standard InChI is InChI=1S/C4H10O2.C4H8O2/c1-2-3-4(5)6;5-3-1-2-4-6/h4-6H,2-3H2,1H3;1,3,5-6H,2,4H2/b;3-1+. The molecule has 0 unspecified atom stereocenters. The minimum Gasteiger partial charge on any atom is -0.516 e. The van der Waals surface area contributed by atoms with Crippen molar-refractivity contribution in [2.45, 2.75) is 32.5 Å². The van der Waals surface area contributed by atoms with Gasteiger partial charge < -0.3 is 20.4 Å². The molecule has 0 bridgehead atoms. The summed E-state index contributed by atoms with van der Waals surface area (Å²) in [6.07, 6.45) is 3.17. The molecule has 12 heavy (non-hydrogen) atoms. The monoisotopic (exact) mass is 178 g/mol. The van der Waals surface area contributed by atoms with E-state index < -0.39 is 6.29 Å². The van der Waals surface area contributed by atoms with Gasteiger partial charge in [-0.2, -0.15) is 0 Å². The summed E-state index contributed by atoms with van der Waals surface area (Å²) < 4.78 is 0. The first-order valence-corrected chi connectivity index (χ1v) is 3.95. The first-order chi connectivity index (χ1) is 5.68. The van der Waals surface area contributed by atoms with Gasteiger partial charge in [0.2, 0.25) is 0 Å². The van der Waals surface area contributed by atoms with Crippen LogP contribution in [0.15, 0.2) is 12.3 Å². The quantitative estimate of drug-likeness (QED) is 0.374. The summed E-state index contributed by atoms with van der Waals surface area (Å²) in [5.41, 5.74) is 0. The van der Waals surface area contributed by atoms with E-state index in [2.05, 4.69) is 0 Å². The molecule has 74 valence electrons. The molecule has 0 saturated heterocycles. The number of hydrogen-bond donors (Lipinski definition) is 4. The van der Waals surface area contributed by atoms with Crippen LogP contribution < -0.4 is 0 Å². The maximum Gasteiger partial charge on any atom is 0.151 e. The molecule has 0 aromatic carbocycles. The zero-order valence-corrected chi connectivity index (χ0v) is 7.35. The van der Waals surface area contributed by atoms with Gasteiger partial charge in [0.05, 0.1) is 6.26 Å². The number of hydrogen-bond acceptors (Lipinski definition) is 4. The van der Waals surface area contributed by atoms with E-state index in [4.69, 9.17) is 20.4 Å². The SMILES string of the molecule is CCCC(O)O.O/C=C/CCO. The van der Waals surface area contributed by atoms with Crippen molar-refractivity contribution in [3.8, 4) is 0 Å². The molecule has 0 radical (unpaired) electrons. The van der Waals surface area contributed by atoms with Crippen molar-refractivity contribution in [2.24, 2.45) is 0 Å². The molecule has 0 aromatic rings. The first kappa shape index (κ1) is 14.0. The highest BCUT2D eigenvalue weighted by molar-refractivity contribution is 4.69. The molecule has 0 saturated carbocycles. The minimum absolute atomic E-state index is 0.108. The lowest BCUT2D eigenvalue weighted by atomic mass is 10.3. The fraction of sp³-hybridized carbons (Fsp3) is 0.750. The lowest BCUT2D eigenvalue weighted by molar-refractivity contribution is -0.0453. The molecular weight excluding hydrogens is 160 g/mol. The number of aliphatic hydroxyl groups is 4. The Morgan fingerprint density at radius 3 is 2.00 bits per heavy atom. The predicted molar refractivity (Wildman–Crippen MR) is 46.6 cm³/mol.